The van der Waals surface area contributed by atoms with E-state index < -0.39 is 0 Å². The van der Waals surface area contributed by atoms with Crippen LogP contribution in [0.4, 0.5) is 0 Å². The Hall–Kier alpha value is -0.610. The summed E-state index contributed by atoms with van der Waals surface area (Å²) in [6.07, 6.45) is 3.06. The van der Waals surface area contributed by atoms with Gasteiger partial charge < -0.3 is 5.32 Å². The van der Waals surface area contributed by atoms with Crippen molar-refractivity contribution in [2.24, 2.45) is 11.3 Å². The van der Waals surface area contributed by atoms with E-state index in [1.54, 1.807) is 5.06 Å². The lowest BCUT2D eigenvalue weighted by molar-refractivity contribution is -0.208. The molecular weight excluding hydrogens is 204 g/mol. The quantitative estimate of drug-likeness (QED) is 0.768. The van der Waals surface area contributed by atoms with Gasteiger partial charge >= 0.3 is 0 Å². The molecule has 1 amide bonds. The van der Waals surface area contributed by atoms with Crippen LogP contribution in [0, 0.1) is 11.3 Å². The fourth-order valence-corrected chi connectivity index (χ4v) is 2.64. The van der Waals surface area contributed by atoms with Gasteiger partial charge in [0.15, 0.2) is 0 Å². The highest BCUT2D eigenvalue weighted by Gasteiger charge is 2.46. The molecule has 0 aromatic carbocycles. The Bertz CT molecular complexity index is 254. The number of hydrogen-bond acceptors (Lipinski definition) is 3. The van der Waals surface area contributed by atoms with Gasteiger partial charge in [-0.2, -0.15) is 0 Å². The monoisotopic (exact) mass is 226 g/mol. The van der Waals surface area contributed by atoms with E-state index in [0.717, 1.165) is 38.9 Å². The largest absolute Gasteiger partial charge is 0.316 e. The Morgan fingerprint density at radius 2 is 2.25 bits per heavy atom. The zero-order valence-corrected chi connectivity index (χ0v) is 10.3. The van der Waals surface area contributed by atoms with E-state index in [0.29, 0.717) is 12.5 Å². The molecule has 92 valence electrons. The highest BCUT2D eigenvalue weighted by Crippen LogP contribution is 2.36. The summed E-state index contributed by atoms with van der Waals surface area (Å²) in [6, 6.07) is 0. The average molecular weight is 226 g/mol. The summed E-state index contributed by atoms with van der Waals surface area (Å²) in [5.41, 5.74) is -0.239. The topological polar surface area (TPSA) is 41.6 Å². The molecule has 4 heteroatoms. The number of carbonyl (C=O) groups is 1. The summed E-state index contributed by atoms with van der Waals surface area (Å²) in [5.74, 6) is 0.549. The number of hydrogen-bond donors (Lipinski definition) is 1. The number of hydroxylamine groups is 2. The molecule has 0 aliphatic carbocycles. The van der Waals surface area contributed by atoms with Crippen molar-refractivity contribution < 1.29 is 9.63 Å². The summed E-state index contributed by atoms with van der Waals surface area (Å²) in [6.45, 7) is 7.45. The third-order valence-corrected chi connectivity index (χ3v) is 3.95. The molecule has 2 aliphatic rings. The van der Waals surface area contributed by atoms with Crippen molar-refractivity contribution >= 4 is 5.91 Å². The molecular formula is C12H22N2O2. The summed E-state index contributed by atoms with van der Waals surface area (Å²) in [4.78, 5) is 18.0. The maximum atomic E-state index is 12.5. The molecule has 2 saturated heterocycles. The summed E-state index contributed by atoms with van der Waals surface area (Å²) in [7, 11) is 0. The first-order valence-corrected chi connectivity index (χ1v) is 6.32. The average Bonchev–Trinajstić information content (AvgIpc) is 2.79. The lowest BCUT2D eigenvalue weighted by atomic mass is 9.75. The minimum atomic E-state index is -0.239. The Morgan fingerprint density at radius 3 is 2.75 bits per heavy atom. The molecule has 16 heavy (non-hydrogen) atoms. The van der Waals surface area contributed by atoms with Gasteiger partial charge in [0.05, 0.1) is 12.0 Å². The molecule has 1 N–H and O–H groups in total. The molecule has 2 fully saturated rings. The van der Waals surface area contributed by atoms with Crippen LogP contribution in [-0.4, -0.2) is 37.2 Å². The van der Waals surface area contributed by atoms with E-state index in [9.17, 15) is 4.79 Å². The summed E-state index contributed by atoms with van der Waals surface area (Å²) >= 11 is 0. The third kappa shape index (κ3) is 1.96. The Balaban J connectivity index is 2.10. The number of rotatable bonds is 2. The minimum Gasteiger partial charge on any atom is -0.316 e. The fraction of sp³-hybridized carbons (Fsp3) is 0.917. The van der Waals surface area contributed by atoms with Gasteiger partial charge in [0.2, 0.25) is 0 Å². The van der Waals surface area contributed by atoms with Gasteiger partial charge in [-0.25, -0.2) is 5.06 Å². The van der Waals surface area contributed by atoms with Crippen LogP contribution in [0.3, 0.4) is 0 Å². The summed E-state index contributed by atoms with van der Waals surface area (Å²) in [5, 5.41) is 4.92. The Kier molecular flexibility index (Phi) is 3.50. The Labute approximate surface area is 97.3 Å². The van der Waals surface area contributed by atoms with Crippen LogP contribution in [0.2, 0.25) is 0 Å². The molecule has 0 radical (unpaired) electrons. The Morgan fingerprint density at radius 1 is 1.44 bits per heavy atom. The van der Waals surface area contributed by atoms with Gasteiger partial charge in [-0.1, -0.05) is 13.8 Å². The molecule has 4 nitrogen and oxygen atoms in total. The smallest absolute Gasteiger partial charge is 0.253 e. The zero-order valence-electron chi connectivity index (χ0n) is 10.3. The molecule has 0 bridgehead atoms. The van der Waals surface area contributed by atoms with Gasteiger partial charge in [-0.3, -0.25) is 9.63 Å². The predicted octanol–water partition coefficient (Wildman–Crippen LogP) is 1.18. The second kappa shape index (κ2) is 4.72. The molecule has 0 aromatic rings. The molecule has 2 heterocycles. The van der Waals surface area contributed by atoms with E-state index in [1.165, 1.54) is 0 Å². The molecule has 1 atom stereocenters. The zero-order chi connectivity index (χ0) is 11.6. The van der Waals surface area contributed by atoms with Crippen LogP contribution < -0.4 is 5.32 Å². The van der Waals surface area contributed by atoms with Gasteiger partial charge in [-0.05, 0) is 31.7 Å². The fourth-order valence-electron chi connectivity index (χ4n) is 2.64. The number of nitrogens with zero attached hydrogens (tertiary/aromatic N) is 1. The van der Waals surface area contributed by atoms with Crippen LogP contribution in [-0.2, 0) is 9.63 Å². The van der Waals surface area contributed by atoms with Crippen molar-refractivity contribution in [3.05, 3.63) is 0 Å². The van der Waals surface area contributed by atoms with Gasteiger partial charge in [0.25, 0.3) is 5.91 Å². The molecule has 0 aromatic heterocycles. The van der Waals surface area contributed by atoms with Crippen molar-refractivity contribution in [1.82, 2.24) is 10.4 Å². The molecule has 0 spiro atoms. The maximum Gasteiger partial charge on any atom is 0.253 e. The second-order valence-corrected chi connectivity index (χ2v) is 5.19. The lowest BCUT2D eigenvalue weighted by Gasteiger charge is -2.37. The van der Waals surface area contributed by atoms with Gasteiger partial charge in [0.1, 0.15) is 0 Å². The van der Waals surface area contributed by atoms with Crippen LogP contribution in [0.25, 0.3) is 0 Å². The standard InChI is InChI=1S/C12H22N2O2/c1-10(2)12(5-6-13-9-12)11(15)14-7-3-4-8-16-14/h10,13H,3-9H2,1-2H3. The second-order valence-electron chi connectivity index (χ2n) is 5.19. The van der Waals surface area contributed by atoms with E-state index >= 15 is 0 Å². The van der Waals surface area contributed by atoms with Crippen molar-refractivity contribution in [2.45, 2.75) is 33.1 Å². The molecule has 0 saturated carbocycles. The minimum absolute atomic E-state index is 0.187. The predicted molar refractivity (Wildman–Crippen MR) is 61.7 cm³/mol. The third-order valence-electron chi connectivity index (χ3n) is 3.95. The first kappa shape index (κ1) is 11.9. The van der Waals surface area contributed by atoms with E-state index in [1.807, 2.05) is 0 Å². The van der Waals surface area contributed by atoms with Crippen LogP contribution in [0.1, 0.15) is 33.1 Å². The van der Waals surface area contributed by atoms with Gasteiger partial charge in [0, 0.05) is 13.1 Å². The van der Waals surface area contributed by atoms with Crippen molar-refractivity contribution in [1.29, 1.82) is 0 Å². The first-order chi connectivity index (χ1) is 7.67. The van der Waals surface area contributed by atoms with Crippen molar-refractivity contribution in [3.63, 3.8) is 0 Å². The van der Waals surface area contributed by atoms with Gasteiger partial charge in [-0.15, -0.1) is 0 Å². The van der Waals surface area contributed by atoms with E-state index in [-0.39, 0.29) is 11.3 Å². The lowest BCUT2D eigenvalue weighted by Crippen LogP contribution is -2.49. The van der Waals surface area contributed by atoms with Crippen molar-refractivity contribution in [3.8, 4) is 0 Å². The van der Waals surface area contributed by atoms with E-state index in [2.05, 4.69) is 19.2 Å². The van der Waals surface area contributed by atoms with E-state index in [4.69, 9.17) is 4.84 Å². The highest BCUT2D eigenvalue weighted by atomic mass is 16.7. The highest BCUT2D eigenvalue weighted by molar-refractivity contribution is 5.83. The van der Waals surface area contributed by atoms with Crippen molar-refractivity contribution in [2.75, 3.05) is 26.2 Å². The maximum absolute atomic E-state index is 12.5. The van der Waals surface area contributed by atoms with Crippen LogP contribution in [0.5, 0.6) is 0 Å². The number of nitrogens with one attached hydrogen (secondary N) is 1. The summed E-state index contributed by atoms with van der Waals surface area (Å²) < 4.78 is 0. The number of carbonyl (C=O) groups excluding carboxylic acids is 1. The number of amides is 1. The van der Waals surface area contributed by atoms with Crippen LogP contribution >= 0.6 is 0 Å². The molecule has 2 aliphatic heterocycles. The SMILES string of the molecule is CC(C)C1(C(=O)N2CCCCO2)CCNC1. The first-order valence-electron chi connectivity index (χ1n) is 6.32. The normalized spacial score (nSPS) is 31.1. The molecule has 2 rings (SSSR count). The molecule has 1 unspecified atom stereocenters. The van der Waals surface area contributed by atoms with Crippen LogP contribution in [0.15, 0.2) is 0 Å².